The van der Waals surface area contributed by atoms with Gasteiger partial charge in [-0.2, -0.15) is 4.98 Å². The molecule has 2 amide bonds. The lowest BCUT2D eigenvalue weighted by Crippen LogP contribution is -2.49. The number of carbonyl (C=O) groups excluding carboxylic acids is 1. The molecule has 0 bridgehead atoms. The highest BCUT2D eigenvalue weighted by Crippen LogP contribution is 2.30. The van der Waals surface area contributed by atoms with Crippen LogP contribution in [-0.4, -0.2) is 51.6 Å². The molecule has 3 heterocycles. The van der Waals surface area contributed by atoms with Crippen LogP contribution in [0.1, 0.15) is 70.0 Å². The Balaban J connectivity index is 1.50. The van der Waals surface area contributed by atoms with E-state index in [0.29, 0.717) is 12.0 Å². The van der Waals surface area contributed by atoms with Crippen molar-refractivity contribution < 1.29 is 9.32 Å². The Bertz CT molecular complexity index is 568. The van der Waals surface area contributed by atoms with Gasteiger partial charge in [0.1, 0.15) is 0 Å². The number of hydrogen-bond donors (Lipinski definition) is 1. The SMILES string of the molecule is CCCCc1noc(CN2CCC([C@H]3CCCCCN3C(N)=O)CC2)n1. The van der Waals surface area contributed by atoms with Crippen molar-refractivity contribution in [3.63, 3.8) is 0 Å². The largest absolute Gasteiger partial charge is 0.351 e. The molecule has 7 nitrogen and oxygen atoms in total. The van der Waals surface area contributed by atoms with E-state index in [2.05, 4.69) is 22.0 Å². The molecule has 2 aliphatic heterocycles. The van der Waals surface area contributed by atoms with E-state index < -0.39 is 0 Å². The van der Waals surface area contributed by atoms with Crippen LogP contribution in [0, 0.1) is 5.92 Å². The highest BCUT2D eigenvalue weighted by molar-refractivity contribution is 5.72. The molecule has 7 heteroatoms. The molecule has 2 N–H and O–H groups in total. The van der Waals surface area contributed by atoms with Crippen LogP contribution in [0.15, 0.2) is 4.52 Å². The van der Waals surface area contributed by atoms with E-state index >= 15 is 0 Å². The zero-order valence-electron chi connectivity index (χ0n) is 16.0. The normalized spacial score (nSPS) is 23.1. The molecule has 0 unspecified atom stereocenters. The number of aromatic nitrogens is 2. The summed E-state index contributed by atoms with van der Waals surface area (Å²) in [6.45, 7) is 5.75. The van der Waals surface area contributed by atoms with Gasteiger partial charge in [-0.25, -0.2) is 4.79 Å². The molecule has 1 aromatic heterocycles. The lowest BCUT2D eigenvalue weighted by Gasteiger charge is -2.39. The van der Waals surface area contributed by atoms with E-state index in [-0.39, 0.29) is 6.03 Å². The number of rotatable bonds is 6. The van der Waals surface area contributed by atoms with E-state index in [1.54, 1.807) is 0 Å². The number of nitrogens with two attached hydrogens (primary N) is 1. The fourth-order valence-electron chi connectivity index (χ4n) is 4.38. The van der Waals surface area contributed by atoms with Crippen molar-refractivity contribution in [2.24, 2.45) is 11.7 Å². The van der Waals surface area contributed by atoms with Crippen LogP contribution in [0.5, 0.6) is 0 Å². The molecule has 0 radical (unpaired) electrons. The molecule has 2 fully saturated rings. The number of aryl methyl sites for hydroxylation is 1. The lowest BCUT2D eigenvalue weighted by atomic mass is 9.86. The number of piperidine rings is 1. The summed E-state index contributed by atoms with van der Waals surface area (Å²) in [6, 6.07) is 0.0750. The van der Waals surface area contributed by atoms with Crippen molar-refractivity contribution in [1.29, 1.82) is 0 Å². The highest BCUT2D eigenvalue weighted by atomic mass is 16.5. The molecular formula is C19H33N5O2. The zero-order chi connectivity index (χ0) is 18.4. The third-order valence-corrected chi connectivity index (χ3v) is 5.88. The summed E-state index contributed by atoms with van der Waals surface area (Å²) < 4.78 is 5.40. The zero-order valence-corrected chi connectivity index (χ0v) is 16.0. The molecule has 0 aliphatic carbocycles. The van der Waals surface area contributed by atoms with Crippen molar-refractivity contribution >= 4 is 6.03 Å². The van der Waals surface area contributed by atoms with Crippen LogP contribution in [0.3, 0.4) is 0 Å². The molecule has 146 valence electrons. The van der Waals surface area contributed by atoms with E-state index in [1.165, 1.54) is 12.8 Å². The Morgan fingerprint density at radius 2 is 2.00 bits per heavy atom. The molecule has 3 rings (SSSR count). The fourth-order valence-corrected chi connectivity index (χ4v) is 4.38. The van der Waals surface area contributed by atoms with Gasteiger partial charge in [0, 0.05) is 19.0 Å². The first-order valence-electron chi connectivity index (χ1n) is 10.3. The first-order valence-corrected chi connectivity index (χ1v) is 10.3. The second-order valence-electron chi connectivity index (χ2n) is 7.77. The minimum Gasteiger partial charge on any atom is -0.351 e. The Hall–Kier alpha value is -1.63. The number of carbonyl (C=O) groups is 1. The van der Waals surface area contributed by atoms with Gasteiger partial charge in [-0.15, -0.1) is 0 Å². The number of primary amides is 1. The summed E-state index contributed by atoms with van der Waals surface area (Å²) in [5.74, 6) is 2.11. The average molecular weight is 364 g/mol. The van der Waals surface area contributed by atoms with Gasteiger partial charge in [-0.3, -0.25) is 4.90 Å². The molecule has 2 aliphatic rings. The molecule has 0 saturated carbocycles. The van der Waals surface area contributed by atoms with Crippen molar-refractivity contribution in [2.75, 3.05) is 19.6 Å². The number of likely N-dealkylation sites (tertiary alicyclic amines) is 2. The Morgan fingerprint density at radius 3 is 2.73 bits per heavy atom. The lowest BCUT2D eigenvalue weighted by molar-refractivity contribution is 0.0962. The van der Waals surface area contributed by atoms with Crippen LogP contribution >= 0.6 is 0 Å². The summed E-state index contributed by atoms with van der Waals surface area (Å²) >= 11 is 0. The van der Waals surface area contributed by atoms with Gasteiger partial charge in [-0.1, -0.05) is 31.3 Å². The maximum absolute atomic E-state index is 11.9. The molecule has 0 aromatic carbocycles. The molecule has 26 heavy (non-hydrogen) atoms. The number of urea groups is 1. The average Bonchev–Trinajstić information content (AvgIpc) is 2.93. The minimum atomic E-state index is -0.246. The number of nitrogens with zero attached hydrogens (tertiary/aromatic N) is 4. The maximum atomic E-state index is 11.9. The van der Waals surface area contributed by atoms with Crippen LogP contribution in [-0.2, 0) is 13.0 Å². The van der Waals surface area contributed by atoms with Crippen LogP contribution < -0.4 is 5.73 Å². The van der Waals surface area contributed by atoms with Gasteiger partial charge in [0.2, 0.25) is 5.89 Å². The number of hydrogen-bond acceptors (Lipinski definition) is 5. The van der Waals surface area contributed by atoms with Gasteiger partial charge in [-0.05, 0) is 51.1 Å². The predicted molar refractivity (Wildman–Crippen MR) is 99.5 cm³/mol. The summed E-state index contributed by atoms with van der Waals surface area (Å²) in [7, 11) is 0. The molecule has 1 atom stereocenters. The monoisotopic (exact) mass is 363 g/mol. The summed E-state index contributed by atoms with van der Waals surface area (Å²) in [5.41, 5.74) is 5.65. The maximum Gasteiger partial charge on any atom is 0.315 e. The number of amides is 2. The van der Waals surface area contributed by atoms with Gasteiger partial charge < -0.3 is 15.2 Å². The van der Waals surface area contributed by atoms with Gasteiger partial charge >= 0.3 is 6.03 Å². The van der Waals surface area contributed by atoms with Crippen LogP contribution in [0.4, 0.5) is 4.79 Å². The van der Waals surface area contributed by atoms with E-state index in [4.69, 9.17) is 10.3 Å². The third kappa shape index (κ3) is 4.96. The van der Waals surface area contributed by atoms with Crippen molar-refractivity contribution in [3.8, 4) is 0 Å². The standard InChI is InChI=1S/C19H33N5O2/c1-2-3-8-17-21-18(26-22-17)14-23-12-9-15(10-13-23)16-7-5-4-6-11-24(16)19(20)25/h15-16H,2-14H2,1H3,(H2,20,25)/t16-/m1/s1. The van der Waals surface area contributed by atoms with Crippen molar-refractivity contribution in [2.45, 2.75) is 77.3 Å². The Labute approximate surface area is 156 Å². The van der Waals surface area contributed by atoms with Crippen molar-refractivity contribution in [3.05, 3.63) is 11.7 Å². The summed E-state index contributed by atoms with van der Waals surface area (Å²) in [6.07, 6.45) is 9.92. The molecule has 0 spiro atoms. The molecule has 2 saturated heterocycles. The smallest absolute Gasteiger partial charge is 0.315 e. The quantitative estimate of drug-likeness (QED) is 0.839. The van der Waals surface area contributed by atoms with Crippen LogP contribution in [0.2, 0.25) is 0 Å². The molecular weight excluding hydrogens is 330 g/mol. The Kier molecular flexibility index (Phi) is 6.88. The van der Waals surface area contributed by atoms with Crippen molar-refractivity contribution in [1.82, 2.24) is 19.9 Å². The minimum absolute atomic E-state index is 0.246. The second-order valence-corrected chi connectivity index (χ2v) is 7.77. The predicted octanol–water partition coefficient (Wildman–Crippen LogP) is 2.95. The van der Waals surface area contributed by atoms with Gasteiger partial charge in [0.05, 0.1) is 6.54 Å². The van der Waals surface area contributed by atoms with E-state index in [1.807, 2.05) is 4.90 Å². The van der Waals surface area contributed by atoms with Gasteiger partial charge in [0.25, 0.3) is 0 Å². The highest BCUT2D eigenvalue weighted by Gasteiger charge is 2.33. The Morgan fingerprint density at radius 1 is 1.19 bits per heavy atom. The summed E-state index contributed by atoms with van der Waals surface area (Å²) in [5, 5.41) is 4.08. The number of unbranched alkanes of at least 4 members (excludes halogenated alkanes) is 1. The van der Waals surface area contributed by atoms with E-state index in [9.17, 15) is 4.79 Å². The van der Waals surface area contributed by atoms with Crippen LogP contribution in [0.25, 0.3) is 0 Å². The fraction of sp³-hybridized carbons (Fsp3) is 0.842. The topological polar surface area (TPSA) is 88.5 Å². The molecule has 1 aromatic rings. The van der Waals surface area contributed by atoms with E-state index in [0.717, 1.165) is 82.8 Å². The van der Waals surface area contributed by atoms with Gasteiger partial charge in [0.15, 0.2) is 5.82 Å². The third-order valence-electron chi connectivity index (χ3n) is 5.88. The first kappa shape index (κ1) is 19.1. The second kappa shape index (κ2) is 9.35. The first-order chi connectivity index (χ1) is 12.7. The summed E-state index contributed by atoms with van der Waals surface area (Å²) in [4.78, 5) is 20.7.